The van der Waals surface area contributed by atoms with Crippen LogP contribution < -0.4 is 10.6 Å². The highest BCUT2D eigenvalue weighted by Crippen LogP contribution is 2.07. The summed E-state index contributed by atoms with van der Waals surface area (Å²) in [7, 11) is 0. The van der Waals surface area contributed by atoms with Gasteiger partial charge in [-0.15, -0.1) is 0 Å². The Morgan fingerprint density at radius 3 is 2.04 bits per heavy atom. The summed E-state index contributed by atoms with van der Waals surface area (Å²) in [6, 6.07) is -1.39. The van der Waals surface area contributed by atoms with Crippen molar-refractivity contribution in [1.29, 1.82) is 0 Å². The summed E-state index contributed by atoms with van der Waals surface area (Å²) in [6.07, 6.45) is -1.87. The third kappa shape index (κ3) is 11.8. The van der Waals surface area contributed by atoms with Gasteiger partial charge in [0.1, 0.15) is 17.7 Å². The number of hydrogen-bond acceptors (Lipinski definition) is 6. The number of carboxylic acid groups (broad SMARTS) is 1. The fourth-order valence-electron chi connectivity index (χ4n) is 1.78. The van der Waals surface area contributed by atoms with Gasteiger partial charge in [0.2, 0.25) is 5.91 Å². The van der Waals surface area contributed by atoms with Gasteiger partial charge in [-0.1, -0.05) is 0 Å². The molecule has 2 amide bonds. The number of alkyl carbamates (subject to hydrolysis) is 1. The zero-order chi connectivity index (χ0) is 19.8. The van der Waals surface area contributed by atoms with Gasteiger partial charge in [-0.3, -0.25) is 14.4 Å². The molecule has 9 heteroatoms. The van der Waals surface area contributed by atoms with E-state index in [2.05, 4.69) is 10.6 Å². The molecule has 3 N–H and O–H groups in total. The smallest absolute Gasteiger partial charge is 0.408 e. The molecule has 0 bridgehead atoms. The van der Waals surface area contributed by atoms with E-state index >= 15 is 0 Å². The fourth-order valence-corrected chi connectivity index (χ4v) is 1.78. The normalized spacial score (nSPS) is 14.6. The summed E-state index contributed by atoms with van der Waals surface area (Å²) >= 11 is 0. The van der Waals surface area contributed by atoms with Crippen LogP contribution in [0.3, 0.4) is 0 Å². The number of carboxylic acids is 1. The van der Waals surface area contributed by atoms with Gasteiger partial charge in [-0.05, 0) is 41.5 Å². The maximum absolute atomic E-state index is 12.0. The van der Waals surface area contributed by atoms with Gasteiger partial charge in [0.15, 0.2) is 0 Å². The zero-order valence-electron chi connectivity index (χ0n) is 15.5. The first-order valence-electron chi connectivity index (χ1n) is 8.01. The van der Waals surface area contributed by atoms with E-state index in [1.165, 1.54) is 13.8 Å². The molecule has 0 aromatic rings. The SMILES string of the molecule is C[C@H](CC(=O)O)OC(=O)C[C@H](C)NC(=O)[C@H](C)NC(=O)OC(C)(C)C. The average molecular weight is 360 g/mol. The van der Waals surface area contributed by atoms with Crippen LogP contribution in [0.15, 0.2) is 0 Å². The van der Waals surface area contributed by atoms with Crippen molar-refractivity contribution in [3.05, 3.63) is 0 Å². The fraction of sp³-hybridized carbons (Fsp3) is 0.750. The minimum absolute atomic E-state index is 0.116. The second kappa shape index (κ2) is 9.85. The molecule has 0 radical (unpaired) electrons. The van der Waals surface area contributed by atoms with E-state index in [0.29, 0.717) is 0 Å². The molecule has 9 nitrogen and oxygen atoms in total. The summed E-state index contributed by atoms with van der Waals surface area (Å²) in [5.41, 5.74) is -0.677. The molecular weight excluding hydrogens is 332 g/mol. The molecule has 3 atom stereocenters. The van der Waals surface area contributed by atoms with Crippen LogP contribution >= 0.6 is 0 Å². The van der Waals surface area contributed by atoms with E-state index in [1.807, 2.05) is 0 Å². The van der Waals surface area contributed by atoms with Crippen molar-refractivity contribution in [3.8, 4) is 0 Å². The van der Waals surface area contributed by atoms with E-state index < -0.39 is 47.7 Å². The van der Waals surface area contributed by atoms with Crippen LogP contribution in [-0.4, -0.2) is 52.8 Å². The average Bonchev–Trinajstić information content (AvgIpc) is 2.33. The molecule has 0 heterocycles. The van der Waals surface area contributed by atoms with Gasteiger partial charge in [-0.25, -0.2) is 4.79 Å². The van der Waals surface area contributed by atoms with Crippen molar-refractivity contribution in [2.24, 2.45) is 0 Å². The monoisotopic (exact) mass is 360 g/mol. The van der Waals surface area contributed by atoms with Gasteiger partial charge in [-0.2, -0.15) is 0 Å². The highest BCUT2D eigenvalue weighted by Gasteiger charge is 2.23. The lowest BCUT2D eigenvalue weighted by Crippen LogP contribution is -2.49. The molecule has 0 aliphatic rings. The molecule has 0 aliphatic carbocycles. The Balaban J connectivity index is 4.29. The third-order valence-corrected chi connectivity index (χ3v) is 2.78. The van der Waals surface area contributed by atoms with Crippen LogP contribution in [0.1, 0.15) is 54.4 Å². The highest BCUT2D eigenvalue weighted by atomic mass is 16.6. The van der Waals surface area contributed by atoms with E-state index in [-0.39, 0.29) is 12.8 Å². The second-order valence-electron chi connectivity index (χ2n) is 6.88. The highest BCUT2D eigenvalue weighted by molar-refractivity contribution is 5.85. The Bertz CT molecular complexity index is 499. The van der Waals surface area contributed by atoms with E-state index in [4.69, 9.17) is 14.6 Å². The Morgan fingerprint density at radius 1 is 1.00 bits per heavy atom. The first kappa shape index (κ1) is 22.7. The predicted molar refractivity (Wildman–Crippen MR) is 88.9 cm³/mol. The maximum atomic E-state index is 12.0. The first-order valence-corrected chi connectivity index (χ1v) is 8.01. The van der Waals surface area contributed by atoms with Crippen LogP contribution in [0, 0.1) is 0 Å². The van der Waals surface area contributed by atoms with Crippen LogP contribution in [0.5, 0.6) is 0 Å². The Labute approximate surface area is 147 Å². The molecular formula is C16H28N2O7. The van der Waals surface area contributed by atoms with Crippen molar-refractivity contribution in [1.82, 2.24) is 10.6 Å². The van der Waals surface area contributed by atoms with Crippen molar-refractivity contribution in [2.45, 2.75) is 78.2 Å². The van der Waals surface area contributed by atoms with Crippen molar-refractivity contribution < 1.29 is 33.8 Å². The molecule has 0 spiro atoms. The van der Waals surface area contributed by atoms with Crippen LogP contribution in [-0.2, 0) is 23.9 Å². The molecule has 0 saturated heterocycles. The number of nitrogens with one attached hydrogen (secondary N) is 2. The number of hydrogen-bond donors (Lipinski definition) is 3. The predicted octanol–water partition coefficient (Wildman–Crippen LogP) is 1.20. The quantitative estimate of drug-likeness (QED) is 0.554. The topological polar surface area (TPSA) is 131 Å². The molecule has 0 rings (SSSR count). The summed E-state index contributed by atoms with van der Waals surface area (Å²) < 4.78 is 9.98. The molecule has 0 aromatic carbocycles. The van der Waals surface area contributed by atoms with E-state index in [9.17, 15) is 19.2 Å². The lowest BCUT2D eigenvalue weighted by molar-refractivity contribution is -0.152. The van der Waals surface area contributed by atoms with Crippen molar-refractivity contribution in [3.63, 3.8) is 0 Å². The third-order valence-electron chi connectivity index (χ3n) is 2.78. The Kier molecular flexibility index (Phi) is 8.94. The van der Waals surface area contributed by atoms with Gasteiger partial charge in [0.25, 0.3) is 0 Å². The van der Waals surface area contributed by atoms with Gasteiger partial charge in [0, 0.05) is 6.04 Å². The van der Waals surface area contributed by atoms with Gasteiger partial charge in [0.05, 0.1) is 12.8 Å². The van der Waals surface area contributed by atoms with E-state index in [0.717, 1.165) is 0 Å². The largest absolute Gasteiger partial charge is 0.481 e. The van der Waals surface area contributed by atoms with Gasteiger partial charge >= 0.3 is 18.0 Å². The maximum Gasteiger partial charge on any atom is 0.408 e. The van der Waals surface area contributed by atoms with Crippen molar-refractivity contribution in [2.75, 3.05) is 0 Å². The summed E-state index contributed by atoms with van der Waals surface area (Å²) in [5, 5.41) is 13.6. The Morgan fingerprint density at radius 2 is 1.56 bits per heavy atom. The Hall–Kier alpha value is -2.32. The van der Waals surface area contributed by atoms with Crippen molar-refractivity contribution >= 4 is 23.9 Å². The number of carbonyl (C=O) groups is 4. The number of aliphatic carboxylic acids is 1. The summed E-state index contributed by atoms with van der Waals surface area (Å²) in [5.74, 6) is -2.16. The number of esters is 1. The van der Waals surface area contributed by atoms with Gasteiger partial charge < -0.3 is 25.2 Å². The molecule has 0 aliphatic heterocycles. The minimum atomic E-state index is -1.07. The second-order valence-corrected chi connectivity index (χ2v) is 6.88. The molecule has 144 valence electrons. The number of rotatable bonds is 8. The standard InChI is InChI=1S/C16H28N2O7/c1-9(7-13(21)24-10(2)8-12(19)20)17-14(22)11(3)18-15(23)25-16(4,5)6/h9-11H,7-8H2,1-6H3,(H,17,22)(H,18,23)(H,19,20)/t9-,10+,11-/m0/s1. The lowest BCUT2D eigenvalue weighted by Gasteiger charge is -2.22. The number of ether oxygens (including phenoxy) is 2. The molecule has 0 unspecified atom stereocenters. The summed E-state index contributed by atoms with van der Waals surface area (Å²) in [4.78, 5) is 45.8. The molecule has 0 fully saturated rings. The van der Waals surface area contributed by atoms with Crippen LogP contribution in [0.4, 0.5) is 4.79 Å². The summed E-state index contributed by atoms with van der Waals surface area (Å²) in [6.45, 7) is 9.67. The number of amides is 2. The van der Waals surface area contributed by atoms with Crippen LogP contribution in [0.2, 0.25) is 0 Å². The molecule has 25 heavy (non-hydrogen) atoms. The zero-order valence-corrected chi connectivity index (χ0v) is 15.5. The molecule has 0 saturated carbocycles. The minimum Gasteiger partial charge on any atom is -0.481 e. The van der Waals surface area contributed by atoms with Crippen LogP contribution in [0.25, 0.3) is 0 Å². The van der Waals surface area contributed by atoms with E-state index in [1.54, 1.807) is 27.7 Å². The molecule has 0 aromatic heterocycles. The lowest BCUT2D eigenvalue weighted by atomic mass is 10.2. The first-order chi connectivity index (χ1) is 11.3. The number of carbonyl (C=O) groups excluding carboxylic acids is 3.